The van der Waals surface area contributed by atoms with Crippen molar-refractivity contribution in [3.05, 3.63) is 53.6 Å². The number of hydrogen-bond donors (Lipinski definition) is 1. The summed E-state index contributed by atoms with van der Waals surface area (Å²) < 4.78 is 32.8. The summed E-state index contributed by atoms with van der Waals surface area (Å²) in [4.78, 5) is 12.8. The van der Waals surface area contributed by atoms with Gasteiger partial charge in [-0.15, -0.1) is 0 Å². The van der Waals surface area contributed by atoms with Gasteiger partial charge < -0.3 is 10.1 Å². The largest absolute Gasteiger partial charge is 0.493 e. The minimum Gasteiger partial charge on any atom is -0.493 e. The van der Waals surface area contributed by atoms with Crippen LogP contribution in [-0.4, -0.2) is 38.3 Å². The molecule has 7 heteroatoms. The lowest BCUT2D eigenvalue weighted by Crippen LogP contribution is -2.31. The first-order valence-corrected chi connectivity index (χ1v) is 11.4. The molecule has 0 unspecified atom stereocenters. The Bertz CT molecular complexity index is 963. The van der Waals surface area contributed by atoms with E-state index < -0.39 is 10.0 Å². The molecule has 0 heterocycles. The first kappa shape index (κ1) is 21.3. The molecule has 3 rings (SSSR count). The number of anilines is 1. The van der Waals surface area contributed by atoms with Crippen molar-refractivity contribution in [1.29, 1.82) is 0 Å². The molecule has 29 heavy (non-hydrogen) atoms. The molecular formula is C22H28N2O4S. The number of aryl methyl sites for hydroxylation is 1. The molecule has 6 nitrogen and oxygen atoms in total. The van der Waals surface area contributed by atoms with Crippen LogP contribution in [0, 0.1) is 12.8 Å². The van der Waals surface area contributed by atoms with Crippen LogP contribution in [0.5, 0.6) is 5.75 Å². The smallest absolute Gasteiger partial charge is 0.255 e. The maximum absolute atomic E-state index is 12.9. The van der Waals surface area contributed by atoms with E-state index in [1.165, 1.54) is 23.2 Å². The summed E-state index contributed by atoms with van der Waals surface area (Å²) in [5.41, 5.74) is 1.57. The third-order valence-corrected chi connectivity index (χ3v) is 7.26. The van der Waals surface area contributed by atoms with Crippen molar-refractivity contribution >= 4 is 21.6 Å². The van der Waals surface area contributed by atoms with E-state index >= 15 is 0 Å². The van der Waals surface area contributed by atoms with Gasteiger partial charge in [-0.1, -0.05) is 19.9 Å². The Morgan fingerprint density at radius 2 is 1.76 bits per heavy atom. The van der Waals surface area contributed by atoms with Crippen LogP contribution in [0.4, 0.5) is 5.69 Å². The van der Waals surface area contributed by atoms with Gasteiger partial charge in [-0.3, -0.25) is 4.79 Å². The topological polar surface area (TPSA) is 75.7 Å². The number of nitrogens with zero attached hydrogens (tertiary/aromatic N) is 1. The summed E-state index contributed by atoms with van der Waals surface area (Å²) in [5, 5.41) is 2.79. The Morgan fingerprint density at radius 1 is 1.10 bits per heavy atom. The SMILES string of the molecule is CCN(CC)S(=O)(=O)c1cc(NC(=O)c2ccc(OCC3CC3)cc2)ccc1C. The van der Waals surface area contributed by atoms with Gasteiger partial charge in [0.2, 0.25) is 10.0 Å². The lowest BCUT2D eigenvalue weighted by Gasteiger charge is -2.20. The normalized spacial score (nSPS) is 14.1. The van der Waals surface area contributed by atoms with Crippen LogP contribution >= 0.6 is 0 Å². The third kappa shape index (κ3) is 5.16. The fourth-order valence-corrected chi connectivity index (χ4v) is 4.77. The number of amides is 1. The predicted octanol–water partition coefficient (Wildman–Crippen LogP) is 4.07. The molecule has 2 aromatic rings. The van der Waals surface area contributed by atoms with Crippen molar-refractivity contribution in [1.82, 2.24) is 4.31 Å². The van der Waals surface area contributed by atoms with Gasteiger partial charge in [-0.2, -0.15) is 4.31 Å². The molecule has 0 radical (unpaired) electrons. The van der Waals surface area contributed by atoms with Crippen LogP contribution in [0.25, 0.3) is 0 Å². The van der Waals surface area contributed by atoms with E-state index in [0.717, 1.165) is 12.4 Å². The van der Waals surface area contributed by atoms with Crippen LogP contribution in [-0.2, 0) is 10.0 Å². The number of benzene rings is 2. The van der Waals surface area contributed by atoms with E-state index in [4.69, 9.17) is 4.74 Å². The standard InChI is InChI=1S/C22H28N2O4S/c1-4-24(5-2)29(26,27)21-14-19(11-6-16(21)3)23-22(25)18-9-12-20(13-10-18)28-15-17-7-8-17/h6,9-14,17H,4-5,7-8,15H2,1-3H3,(H,23,25). The zero-order chi connectivity index (χ0) is 21.0. The molecule has 1 aliphatic carbocycles. The number of nitrogens with one attached hydrogen (secondary N) is 1. The van der Waals surface area contributed by atoms with E-state index in [-0.39, 0.29) is 10.8 Å². The quantitative estimate of drug-likeness (QED) is 0.669. The van der Waals surface area contributed by atoms with Gasteiger partial charge in [0.25, 0.3) is 5.91 Å². The lowest BCUT2D eigenvalue weighted by molar-refractivity contribution is 0.102. The molecule has 1 aliphatic rings. The fraction of sp³-hybridized carbons (Fsp3) is 0.409. The Balaban J connectivity index is 1.73. The molecule has 156 valence electrons. The summed E-state index contributed by atoms with van der Waals surface area (Å²) in [7, 11) is -3.60. The monoisotopic (exact) mass is 416 g/mol. The average molecular weight is 417 g/mol. The first-order chi connectivity index (χ1) is 13.8. The molecular weight excluding hydrogens is 388 g/mol. The highest BCUT2D eigenvalue weighted by Gasteiger charge is 2.24. The Kier molecular flexibility index (Phi) is 6.59. The Morgan fingerprint density at radius 3 is 2.34 bits per heavy atom. The van der Waals surface area contributed by atoms with Crippen molar-refractivity contribution in [2.24, 2.45) is 5.92 Å². The predicted molar refractivity (Wildman–Crippen MR) is 114 cm³/mol. The number of rotatable bonds is 9. The highest BCUT2D eigenvalue weighted by atomic mass is 32.2. The van der Waals surface area contributed by atoms with E-state index in [9.17, 15) is 13.2 Å². The van der Waals surface area contributed by atoms with Gasteiger partial charge in [-0.05, 0) is 67.6 Å². The molecule has 1 fully saturated rings. The summed E-state index contributed by atoms with van der Waals surface area (Å²) in [5.74, 6) is 1.12. The average Bonchev–Trinajstić information content (AvgIpc) is 3.53. The van der Waals surface area contributed by atoms with E-state index in [1.54, 1.807) is 57.2 Å². The summed E-state index contributed by atoms with van der Waals surface area (Å²) in [6, 6.07) is 11.9. The van der Waals surface area contributed by atoms with Crippen LogP contribution < -0.4 is 10.1 Å². The zero-order valence-electron chi connectivity index (χ0n) is 17.1. The summed E-state index contributed by atoms with van der Waals surface area (Å²) in [6.45, 7) is 6.87. The molecule has 1 amide bonds. The molecule has 1 N–H and O–H groups in total. The number of hydrogen-bond acceptors (Lipinski definition) is 4. The zero-order valence-corrected chi connectivity index (χ0v) is 18.0. The number of carbonyl (C=O) groups is 1. The van der Waals surface area contributed by atoms with Crippen molar-refractivity contribution in [3.63, 3.8) is 0 Å². The van der Waals surface area contributed by atoms with Crippen molar-refractivity contribution in [2.75, 3.05) is 25.0 Å². The van der Waals surface area contributed by atoms with Gasteiger partial charge in [0.05, 0.1) is 11.5 Å². The Hall–Kier alpha value is -2.38. The molecule has 0 saturated heterocycles. The number of carbonyl (C=O) groups excluding carboxylic acids is 1. The van der Waals surface area contributed by atoms with Crippen molar-refractivity contribution < 1.29 is 17.9 Å². The maximum atomic E-state index is 12.9. The summed E-state index contributed by atoms with van der Waals surface area (Å²) in [6.07, 6.45) is 2.45. The van der Waals surface area contributed by atoms with Gasteiger partial charge in [0.15, 0.2) is 0 Å². The highest BCUT2D eigenvalue weighted by molar-refractivity contribution is 7.89. The van der Waals surface area contributed by atoms with Crippen molar-refractivity contribution in [2.45, 2.75) is 38.5 Å². The second-order valence-corrected chi connectivity index (χ2v) is 9.21. The third-order valence-electron chi connectivity index (χ3n) is 5.07. The lowest BCUT2D eigenvalue weighted by atomic mass is 10.2. The second kappa shape index (κ2) is 8.97. The number of ether oxygens (including phenoxy) is 1. The molecule has 2 aromatic carbocycles. The molecule has 0 spiro atoms. The molecule has 0 bridgehead atoms. The molecule has 0 atom stereocenters. The van der Waals surface area contributed by atoms with Gasteiger partial charge in [0, 0.05) is 24.3 Å². The van der Waals surface area contributed by atoms with Gasteiger partial charge in [0.1, 0.15) is 5.75 Å². The minimum absolute atomic E-state index is 0.211. The second-order valence-electron chi connectivity index (χ2n) is 7.30. The number of sulfonamides is 1. The Labute approximate surface area is 172 Å². The van der Waals surface area contributed by atoms with Gasteiger partial charge in [-0.25, -0.2) is 8.42 Å². The molecule has 0 aliphatic heterocycles. The first-order valence-electron chi connectivity index (χ1n) is 10.00. The van der Waals surface area contributed by atoms with E-state index in [0.29, 0.717) is 35.8 Å². The van der Waals surface area contributed by atoms with Crippen LogP contribution in [0.1, 0.15) is 42.6 Å². The van der Waals surface area contributed by atoms with Crippen LogP contribution in [0.3, 0.4) is 0 Å². The van der Waals surface area contributed by atoms with E-state index in [2.05, 4.69) is 5.32 Å². The highest BCUT2D eigenvalue weighted by Crippen LogP contribution is 2.29. The van der Waals surface area contributed by atoms with Crippen LogP contribution in [0.2, 0.25) is 0 Å². The van der Waals surface area contributed by atoms with Gasteiger partial charge >= 0.3 is 0 Å². The van der Waals surface area contributed by atoms with Crippen LogP contribution in [0.15, 0.2) is 47.4 Å². The fourth-order valence-electron chi connectivity index (χ4n) is 3.06. The van der Waals surface area contributed by atoms with E-state index in [1.807, 2.05) is 0 Å². The molecule has 0 aromatic heterocycles. The maximum Gasteiger partial charge on any atom is 0.255 e. The van der Waals surface area contributed by atoms with Crippen molar-refractivity contribution in [3.8, 4) is 5.75 Å². The molecule has 1 saturated carbocycles. The minimum atomic E-state index is -3.60. The summed E-state index contributed by atoms with van der Waals surface area (Å²) >= 11 is 0.